The van der Waals surface area contributed by atoms with Crippen molar-refractivity contribution in [2.45, 2.75) is 13.0 Å². The predicted octanol–water partition coefficient (Wildman–Crippen LogP) is 4.12. The van der Waals surface area contributed by atoms with Crippen molar-refractivity contribution in [2.75, 3.05) is 19.0 Å². The Morgan fingerprint density at radius 3 is 2.57 bits per heavy atom. The van der Waals surface area contributed by atoms with Crippen molar-refractivity contribution in [3.05, 3.63) is 58.1 Å². The quantitative estimate of drug-likeness (QED) is 0.737. The zero-order valence-corrected chi connectivity index (χ0v) is 14.2. The highest BCUT2D eigenvalue weighted by molar-refractivity contribution is 6.43. The predicted molar refractivity (Wildman–Crippen MR) is 94.4 cm³/mol. The van der Waals surface area contributed by atoms with Crippen molar-refractivity contribution < 1.29 is 9.53 Å². The third-order valence-electron chi connectivity index (χ3n) is 3.24. The SMILES string of the molecule is COc1ccc(CNCCC(=O)Nc2cccc(Cl)c2Cl)cc1. The molecule has 0 fully saturated rings. The second kappa shape index (κ2) is 8.77. The van der Waals surface area contributed by atoms with E-state index in [1.165, 1.54) is 0 Å². The highest BCUT2D eigenvalue weighted by atomic mass is 35.5. The number of nitrogens with one attached hydrogen (secondary N) is 2. The van der Waals surface area contributed by atoms with Crippen LogP contribution in [0.4, 0.5) is 5.69 Å². The Kier molecular flexibility index (Phi) is 6.71. The molecular formula is C17H18Cl2N2O2. The molecule has 2 aromatic rings. The molecule has 0 radical (unpaired) electrons. The number of carbonyl (C=O) groups excluding carboxylic acids is 1. The molecule has 1 amide bonds. The van der Waals surface area contributed by atoms with Gasteiger partial charge in [-0.1, -0.05) is 41.4 Å². The molecule has 0 unspecified atom stereocenters. The largest absolute Gasteiger partial charge is 0.497 e. The first kappa shape index (κ1) is 17.6. The number of hydrogen-bond acceptors (Lipinski definition) is 3. The Morgan fingerprint density at radius 2 is 1.87 bits per heavy atom. The van der Waals surface area contributed by atoms with Crippen molar-refractivity contribution in [3.8, 4) is 5.75 Å². The van der Waals surface area contributed by atoms with Gasteiger partial charge in [-0.2, -0.15) is 0 Å². The van der Waals surface area contributed by atoms with Crippen LogP contribution in [0.2, 0.25) is 10.0 Å². The summed E-state index contributed by atoms with van der Waals surface area (Å²) >= 11 is 11.9. The van der Waals surface area contributed by atoms with E-state index in [-0.39, 0.29) is 5.91 Å². The summed E-state index contributed by atoms with van der Waals surface area (Å²) in [4.78, 5) is 11.9. The van der Waals surface area contributed by atoms with Gasteiger partial charge in [-0.05, 0) is 29.8 Å². The van der Waals surface area contributed by atoms with E-state index in [1.54, 1.807) is 25.3 Å². The lowest BCUT2D eigenvalue weighted by atomic mass is 10.2. The van der Waals surface area contributed by atoms with Gasteiger partial charge in [-0.15, -0.1) is 0 Å². The number of benzene rings is 2. The molecule has 2 aromatic carbocycles. The Balaban J connectivity index is 1.73. The van der Waals surface area contributed by atoms with Gasteiger partial charge in [-0.25, -0.2) is 0 Å². The number of hydrogen-bond donors (Lipinski definition) is 2. The monoisotopic (exact) mass is 352 g/mol. The van der Waals surface area contributed by atoms with Crippen LogP contribution in [0.25, 0.3) is 0 Å². The Bertz CT molecular complexity index is 660. The zero-order chi connectivity index (χ0) is 16.7. The van der Waals surface area contributed by atoms with Crippen molar-refractivity contribution in [1.82, 2.24) is 5.32 Å². The van der Waals surface area contributed by atoms with Gasteiger partial charge >= 0.3 is 0 Å². The van der Waals surface area contributed by atoms with Crippen molar-refractivity contribution in [1.29, 1.82) is 0 Å². The molecule has 122 valence electrons. The second-order valence-corrected chi connectivity index (χ2v) is 5.71. The maximum Gasteiger partial charge on any atom is 0.225 e. The average molecular weight is 353 g/mol. The summed E-state index contributed by atoms with van der Waals surface area (Å²) in [5.41, 5.74) is 1.66. The summed E-state index contributed by atoms with van der Waals surface area (Å²) < 4.78 is 5.11. The van der Waals surface area contributed by atoms with Crippen LogP contribution in [0, 0.1) is 0 Å². The van der Waals surface area contributed by atoms with Gasteiger partial charge in [0, 0.05) is 19.5 Å². The Morgan fingerprint density at radius 1 is 1.13 bits per heavy atom. The van der Waals surface area contributed by atoms with Crippen LogP contribution in [-0.4, -0.2) is 19.6 Å². The van der Waals surface area contributed by atoms with E-state index >= 15 is 0 Å². The normalized spacial score (nSPS) is 10.4. The van der Waals surface area contributed by atoms with E-state index in [2.05, 4.69) is 10.6 Å². The number of ether oxygens (including phenoxy) is 1. The van der Waals surface area contributed by atoms with Gasteiger partial charge in [0.25, 0.3) is 0 Å². The summed E-state index contributed by atoms with van der Waals surface area (Å²) in [5.74, 6) is 0.711. The topological polar surface area (TPSA) is 50.4 Å². The lowest BCUT2D eigenvalue weighted by Gasteiger charge is -2.09. The summed E-state index contributed by atoms with van der Waals surface area (Å²) in [7, 11) is 1.64. The lowest BCUT2D eigenvalue weighted by Crippen LogP contribution is -2.21. The number of halogens is 2. The molecular weight excluding hydrogens is 335 g/mol. The highest BCUT2D eigenvalue weighted by Crippen LogP contribution is 2.29. The van der Waals surface area contributed by atoms with Crippen molar-refractivity contribution >= 4 is 34.8 Å². The maximum atomic E-state index is 11.9. The minimum absolute atomic E-state index is 0.114. The molecule has 0 bridgehead atoms. The highest BCUT2D eigenvalue weighted by Gasteiger charge is 2.07. The fourth-order valence-corrected chi connectivity index (χ4v) is 2.34. The summed E-state index contributed by atoms with van der Waals surface area (Å²) in [6.07, 6.45) is 0.346. The number of methoxy groups -OCH3 is 1. The molecule has 6 heteroatoms. The summed E-state index contributed by atoms with van der Waals surface area (Å²) in [6, 6.07) is 12.9. The van der Waals surface area contributed by atoms with Gasteiger partial charge in [-0.3, -0.25) is 4.79 Å². The van der Waals surface area contributed by atoms with Gasteiger partial charge in [0.15, 0.2) is 0 Å². The van der Waals surface area contributed by atoms with Crippen LogP contribution < -0.4 is 15.4 Å². The first-order valence-corrected chi connectivity index (χ1v) is 7.93. The first-order valence-electron chi connectivity index (χ1n) is 7.17. The molecule has 0 atom stereocenters. The van der Waals surface area contributed by atoms with Crippen molar-refractivity contribution in [3.63, 3.8) is 0 Å². The van der Waals surface area contributed by atoms with Crippen LogP contribution in [0.15, 0.2) is 42.5 Å². The average Bonchev–Trinajstić information content (AvgIpc) is 2.56. The van der Waals surface area contributed by atoms with Crippen LogP contribution >= 0.6 is 23.2 Å². The zero-order valence-electron chi connectivity index (χ0n) is 12.7. The van der Waals surface area contributed by atoms with Crippen LogP contribution in [0.3, 0.4) is 0 Å². The molecule has 0 heterocycles. The molecule has 0 saturated heterocycles. The molecule has 4 nitrogen and oxygen atoms in total. The molecule has 0 aliphatic carbocycles. The van der Waals surface area contributed by atoms with E-state index in [9.17, 15) is 4.79 Å². The number of amides is 1. The molecule has 0 aliphatic heterocycles. The standard InChI is InChI=1S/C17H18Cl2N2O2/c1-23-13-7-5-12(6-8-13)11-20-10-9-16(22)21-15-4-2-3-14(18)17(15)19/h2-8,20H,9-11H2,1H3,(H,21,22). The van der Waals surface area contributed by atoms with Gasteiger partial charge < -0.3 is 15.4 Å². The fourth-order valence-electron chi connectivity index (χ4n) is 1.99. The van der Waals surface area contributed by atoms with Crippen LogP contribution in [0.5, 0.6) is 5.75 Å². The molecule has 0 spiro atoms. The van der Waals surface area contributed by atoms with Crippen molar-refractivity contribution in [2.24, 2.45) is 0 Å². The minimum Gasteiger partial charge on any atom is -0.497 e. The second-order valence-electron chi connectivity index (χ2n) is 4.92. The minimum atomic E-state index is -0.114. The molecule has 0 aliphatic rings. The van der Waals surface area contributed by atoms with Gasteiger partial charge in [0.1, 0.15) is 5.75 Å². The third kappa shape index (κ3) is 5.43. The fraction of sp³-hybridized carbons (Fsp3) is 0.235. The van der Waals surface area contributed by atoms with Crippen LogP contribution in [0.1, 0.15) is 12.0 Å². The molecule has 0 saturated carbocycles. The number of rotatable bonds is 7. The van der Waals surface area contributed by atoms with E-state index in [0.717, 1.165) is 11.3 Å². The Hall–Kier alpha value is -1.75. The van der Waals surface area contributed by atoms with E-state index in [1.807, 2.05) is 24.3 Å². The maximum absolute atomic E-state index is 11.9. The third-order valence-corrected chi connectivity index (χ3v) is 4.06. The lowest BCUT2D eigenvalue weighted by molar-refractivity contribution is -0.116. The van der Waals surface area contributed by atoms with Crippen LogP contribution in [-0.2, 0) is 11.3 Å². The molecule has 2 N–H and O–H groups in total. The molecule has 23 heavy (non-hydrogen) atoms. The summed E-state index contributed by atoms with van der Waals surface area (Å²) in [5, 5.41) is 6.75. The Labute approximate surface area is 145 Å². The van der Waals surface area contributed by atoms with E-state index < -0.39 is 0 Å². The van der Waals surface area contributed by atoms with Gasteiger partial charge in [0.05, 0.1) is 22.8 Å². The number of anilines is 1. The molecule has 2 rings (SSSR count). The van der Waals surface area contributed by atoms with Gasteiger partial charge in [0.2, 0.25) is 5.91 Å². The summed E-state index contributed by atoms with van der Waals surface area (Å²) in [6.45, 7) is 1.26. The van der Waals surface area contributed by atoms with E-state index in [0.29, 0.717) is 35.2 Å². The first-order chi connectivity index (χ1) is 11.1. The van der Waals surface area contributed by atoms with E-state index in [4.69, 9.17) is 27.9 Å². The number of carbonyl (C=O) groups is 1. The smallest absolute Gasteiger partial charge is 0.225 e. The molecule has 0 aromatic heterocycles.